The van der Waals surface area contributed by atoms with Crippen molar-refractivity contribution < 1.29 is 0 Å². The molecule has 0 saturated carbocycles. The topological polar surface area (TPSA) is 26.0 Å². The van der Waals surface area contributed by atoms with Crippen LogP contribution in [0, 0.1) is 5.92 Å². The second-order valence-corrected chi connectivity index (χ2v) is 4.58. The van der Waals surface area contributed by atoms with Crippen LogP contribution in [-0.2, 0) is 13.0 Å². The maximum Gasteiger partial charge on any atom is 0.0220 e. The Labute approximate surface area is 88.5 Å². The van der Waals surface area contributed by atoms with Crippen molar-refractivity contribution in [1.29, 1.82) is 0 Å². The molecule has 1 rings (SSSR count). The van der Waals surface area contributed by atoms with Crippen molar-refractivity contribution in [3.63, 3.8) is 0 Å². The van der Waals surface area contributed by atoms with Crippen molar-refractivity contribution in [2.24, 2.45) is 11.7 Å². The SMILES string of the molecule is CC(C)Cc1ccc(Br)c(CN)c1. The molecule has 2 heteroatoms. The quantitative estimate of drug-likeness (QED) is 0.865. The molecule has 0 bridgehead atoms. The Morgan fingerprint density at radius 1 is 1.38 bits per heavy atom. The minimum Gasteiger partial charge on any atom is -0.326 e. The molecule has 0 aliphatic carbocycles. The second-order valence-electron chi connectivity index (χ2n) is 3.73. The number of rotatable bonds is 3. The molecule has 72 valence electrons. The minimum absolute atomic E-state index is 0.604. The van der Waals surface area contributed by atoms with Crippen LogP contribution in [0.2, 0.25) is 0 Å². The zero-order chi connectivity index (χ0) is 9.84. The van der Waals surface area contributed by atoms with Crippen LogP contribution < -0.4 is 5.73 Å². The molecule has 0 saturated heterocycles. The normalized spacial score (nSPS) is 10.8. The molecule has 0 heterocycles. The van der Waals surface area contributed by atoms with Crippen molar-refractivity contribution in [1.82, 2.24) is 0 Å². The molecule has 1 aromatic rings. The number of nitrogens with two attached hydrogens (primary N) is 1. The smallest absolute Gasteiger partial charge is 0.0220 e. The van der Waals surface area contributed by atoms with Crippen LogP contribution in [0.1, 0.15) is 25.0 Å². The highest BCUT2D eigenvalue weighted by molar-refractivity contribution is 9.10. The molecule has 0 aromatic heterocycles. The first-order valence-electron chi connectivity index (χ1n) is 4.61. The zero-order valence-electron chi connectivity index (χ0n) is 8.18. The highest BCUT2D eigenvalue weighted by Crippen LogP contribution is 2.19. The van der Waals surface area contributed by atoms with Crippen molar-refractivity contribution in [3.8, 4) is 0 Å². The Bertz CT molecular complexity index is 281. The predicted molar refractivity (Wildman–Crippen MR) is 60.6 cm³/mol. The summed E-state index contributed by atoms with van der Waals surface area (Å²) in [5, 5.41) is 0. The van der Waals surface area contributed by atoms with Gasteiger partial charge in [-0.3, -0.25) is 0 Å². The van der Waals surface area contributed by atoms with Gasteiger partial charge in [0.05, 0.1) is 0 Å². The number of hydrogen-bond donors (Lipinski definition) is 1. The van der Waals surface area contributed by atoms with Crippen LogP contribution in [0.3, 0.4) is 0 Å². The molecule has 0 atom stereocenters. The largest absolute Gasteiger partial charge is 0.326 e. The summed E-state index contributed by atoms with van der Waals surface area (Å²) in [7, 11) is 0. The fourth-order valence-corrected chi connectivity index (χ4v) is 1.79. The molecule has 1 aromatic carbocycles. The maximum absolute atomic E-state index is 5.62. The van der Waals surface area contributed by atoms with E-state index in [2.05, 4.69) is 48.0 Å². The summed E-state index contributed by atoms with van der Waals surface area (Å²) < 4.78 is 1.11. The van der Waals surface area contributed by atoms with Gasteiger partial charge in [-0.2, -0.15) is 0 Å². The third-order valence-electron chi connectivity index (χ3n) is 1.97. The average Bonchev–Trinajstić information content (AvgIpc) is 2.07. The van der Waals surface area contributed by atoms with Crippen LogP contribution in [0.4, 0.5) is 0 Å². The van der Waals surface area contributed by atoms with E-state index in [1.54, 1.807) is 0 Å². The highest BCUT2D eigenvalue weighted by atomic mass is 79.9. The van der Waals surface area contributed by atoms with E-state index < -0.39 is 0 Å². The van der Waals surface area contributed by atoms with Gasteiger partial charge in [0.15, 0.2) is 0 Å². The third kappa shape index (κ3) is 3.12. The fraction of sp³-hybridized carbons (Fsp3) is 0.455. The Hall–Kier alpha value is -0.340. The summed E-state index contributed by atoms with van der Waals surface area (Å²) in [6, 6.07) is 6.42. The number of benzene rings is 1. The lowest BCUT2D eigenvalue weighted by atomic mass is 10.0. The fourth-order valence-electron chi connectivity index (χ4n) is 1.38. The Morgan fingerprint density at radius 3 is 2.62 bits per heavy atom. The zero-order valence-corrected chi connectivity index (χ0v) is 9.76. The second kappa shape index (κ2) is 4.77. The Kier molecular flexibility index (Phi) is 3.94. The summed E-state index contributed by atoms with van der Waals surface area (Å²) >= 11 is 3.48. The molecule has 0 amide bonds. The first-order chi connectivity index (χ1) is 6.13. The van der Waals surface area contributed by atoms with E-state index >= 15 is 0 Å². The van der Waals surface area contributed by atoms with Gasteiger partial charge in [-0.15, -0.1) is 0 Å². The molecule has 0 fully saturated rings. The van der Waals surface area contributed by atoms with E-state index in [0.29, 0.717) is 12.5 Å². The molecule has 2 N–H and O–H groups in total. The summed E-state index contributed by atoms with van der Waals surface area (Å²) in [6.45, 7) is 5.06. The molecular weight excluding hydrogens is 226 g/mol. The standard InChI is InChI=1S/C11H16BrN/c1-8(2)5-9-3-4-11(12)10(6-9)7-13/h3-4,6,8H,5,7,13H2,1-2H3. The monoisotopic (exact) mass is 241 g/mol. The first-order valence-corrected chi connectivity index (χ1v) is 5.40. The average molecular weight is 242 g/mol. The molecule has 1 nitrogen and oxygen atoms in total. The number of hydrogen-bond acceptors (Lipinski definition) is 1. The molecule has 13 heavy (non-hydrogen) atoms. The van der Waals surface area contributed by atoms with Gasteiger partial charge in [0, 0.05) is 11.0 Å². The Balaban J connectivity index is 2.86. The Morgan fingerprint density at radius 2 is 2.08 bits per heavy atom. The van der Waals surface area contributed by atoms with E-state index in [1.807, 2.05) is 0 Å². The lowest BCUT2D eigenvalue weighted by Gasteiger charge is -2.08. The van der Waals surface area contributed by atoms with Crippen LogP contribution in [0.5, 0.6) is 0 Å². The van der Waals surface area contributed by atoms with Crippen LogP contribution in [0.25, 0.3) is 0 Å². The van der Waals surface area contributed by atoms with E-state index in [0.717, 1.165) is 10.9 Å². The van der Waals surface area contributed by atoms with Crippen molar-refractivity contribution >= 4 is 15.9 Å². The van der Waals surface area contributed by atoms with Gasteiger partial charge in [-0.1, -0.05) is 41.9 Å². The first kappa shape index (κ1) is 10.7. The van der Waals surface area contributed by atoms with Gasteiger partial charge in [0.2, 0.25) is 0 Å². The molecular formula is C11H16BrN. The van der Waals surface area contributed by atoms with Crippen LogP contribution >= 0.6 is 15.9 Å². The molecule has 0 spiro atoms. The molecule has 0 aliphatic heterocycles. The van der Waals surface area contributed by atoms with E-state index in [1.165, 1.54) is 11.1 Å². The van der Waals surface area contributed by atoms with E-state index in [9.17, 15) is 0 Å². The summed E-state index contributed by atoms with van der Waals surface area (Å²) in [4.78, 5) is 0. The summed E-state index contributed by atoms with van der Waals surface area (Å²) in [5.41, 5.74) is 8.19. The minimum atomic E-state index is 0.604. The third-order valence-corrected chi connectivity index (χ3v) is 2.75. The van der Waals surface area contributed by atoms with Gasteiger partial charge in [0.25, 0.3) is 0 Å². The van der Waals surface area contributed by atoms with Crippen molar-refractivity contribution in [2.45, 2.75) is 26.8 Å². The molecule has 0 aliphatic rings. The number of halogens is 1. The van der Waals surface area contributed by atoms with Gasteiger partial charge >= 0.3 is 0 Å². The molecule has 0 radical (unpaired) electrons. The molecule has 0 unspecified atom stereocenters. The van der Waals surface area contributed by atoms with E-state index in [-0.39, 0.29) is 0 Å². The van der Waals surface area contributed by atoms with Crippen molar-refractivity contribution in [2.75, 3.05) is 0 Å². The van der Waals surface area contributed by atoms with Crippen molar-refractivity contribution in [3.05, 3.63) is 33.8 Å². The van der Waals surface area contributed by atoms with Gasteiger partial charge in [-0.25, -0.2) is 0 Å². The van der Waals surface area contributed by atoms with Crippen LogP contribution in [0.15, 0.2) is 22.7 Å². The van der Waals surface area contributed by atoms with Gasteiger partial charge in [0.1, 0.15) is 0 Å². The summed E-state index contributed by atoms with van der Waals surface area (Å²) in [5.74, 6) is 0.701. The van der Waals surface area contributed by atoms with Gasteiger partial charge < -0.3 is 5.73 Å². The maximum atomic E-state index is 5.62. The van der Waals surface area contributed by atoms with Gasteiger partial charge in [-0.05, 0) is 29.5 Å². The van der Waals surface area contributed by atoms with Crippen LogP contribution in [-0.4, -0.2) is 0 Å². The lowest BCUT2D eigenvalue weighted by molar-refractivity contribution is 0.646. The van der Waals surface area contributed by atoms with E-state index in [4.69, 9.17) is 5.73 Å². The summed E-state index contributed by atoms with van der Waals surface area (Å²) in [6.07, 6.45) is 1.13. The predicted octanol–water partition coefficient (Wildman–Crippen LogP) is 3.11. The highest BCUT2D eigenvalue weighted by Gasteiger charge is 2.01. The lowest BCUT2D eigenvalue weighted by Crippen LogP contribution is -2.00.